The van der Waals surface area contributed by atoms with Gasteiger partial charge in [0.1, 0.15) is 23.0 Å². The summed E-state index contributed by atoms with van der Waals surface area (Å²) in [6.07, 6.45) is 0. The lowest BCUT2D eigenvalue weighted by molar-refractivity contribution is 0.159. The maximum absolute atomic E-state index is 12.9. The van der Waals surface area contributed by atoms with E-state index in [0.717, 1.165) is 11.5 Å². The third-order valence-corrected chi connectivity index (χ3v) is 7.44. The first-order valence-electron chi connectivity index (χ1n) is 8.85. The normalized spacial score (nSPS) is 16.1. The molecule has 1 aliphatic rings. The van der Waals surface area contributed by atoms with E-state index >= 15 is 0 Å². The molecule has 2 aromatic carbocycles. The lowest BCUT2D eigenvalue weighted by Crippen LogP contribution is -2.49. The summed E-state index contributed by atoms with van der Waals surface area (Å²) < 4.78 is 38.1. The predicted molar refractivity (Wildman–Crippen MR) is 110 cm³/mol. The zero-order valence-corrected chi connectivity index (χ0v) is 17.8. The van der Waals surface area contributed by atoms with E-state index in [2.05, 4.69) is 4.90 Å². The van der Waals surface area contributed by atoms with Gasteiger partial charge in [-0.3, -0.25) is 4.90 Å². The third-order valence-electron chi connectivity index (χ3n) is 4.58. The molecule has 0 bridgehead atoms. The number of benzene rings is 2. The van der Waals surface area contributed by atoms with Crippen molar-refractivity contribution >= 4 is 33.2 Å². The molecule has 0 aromatic heterocycles. The SMILES string of the molecule is COc1ccc(OCCN2CCN(S(=O)(=O)c3c(Cl)cccc3Cl)CC2)cc1. The molecule has 1 saturated heterocycles. The van der Waals surface area contributed by atoms with Crippen molar-refractivity contribution in [3.63, 3.8) is 0 Å². The van der Waals surface area contributed by atoms with Gasteiger partial charge in [-0.1, -0.05) is 29.3 Å². The van der Waals surface area contributed by atoms with Crippen LogP contribution in [0.2, 0.25) is 10.0 Å². The molecule has 28 heavy (non-hydrogen) atoms. The van der Waals surface area contributed by atoms with Gasteiger partial charge in [-0.15, -0.1) is 0 Å². The van der Waals surface area contributed by atoms with Crippen LogP contribution in [0, 0.1) is 0 Å². The number of piperazine rings is 1. The highest BCUT2D eigenvalue weighted by molar-refractivity contribution is 7.89. The summed E-state index contributed by atoms with van der Waals surface area (Å²) in [4.78, 5) is 2.15. The zero-order chi connectivity index (χ0) is 20.1. The Hall–Kier alpha value is -1.51. The van der Waals surface area contributed by atoms with E-state index in [-0.39, 0.29) is 14.9 Å². The quantitative estimate of drug-likeness (QED) is 0.654. The van der Waals surface area contributed by atoms with Crippen molar-refractivity contribution in [1.29, 1.82) is 0 Å². The van der Waals surface area contributed by atoms with Crippen LogP contribution in [-0.4, -0.2) is 64.1 Å². The molecule has 6 nitrogen and oxygen atoms in total. The van der Waals surface area contributed by atoms with Gasteiger partial charge in [0.2, 0.25) is 10.0 Å². The van der Waals surface area contributed by atoms with Gasteiger partial charge in [0, 0.05) is 32.7 Å². The number of hydrogen-bond donors (Lipinski definition) is 0. The summed E-state index contributed by atoms with van der Waals surface area (Å²) in [6, 6.07) is 12.1. The molecule has 0 saturated carbocycles. The Morgan fingerprint density at radius 3 is 2.07 bits per heavy atom. The summed E-state index contributed by atoms with van der Waals surface area (Å²) in [6.45, 7) is 3.24. The number of halogens is 2. The second-order valence-electron chi connectivity index (χ2n) is 6.32. The number of rotatable bonds is 7. The highest BCUT2D eigenvalue weighted by Gasteiger charge is 2.31. The molecular formula is C19H22Cl2N2O4S. The van der Waals surface area contributed by atoms with Crippen molar-refractivity contribution < 1.29 is 17.9 Å². The number of ether oxygens (including phenoxy) is 2. The van der Waals surface area contributed by atoms with E-state index < -0.39 is 10.0 Å². The van der Waals surface area contributed by atoms with Crippen LogP contribution in [0.1, 0.15) is 0 Å². The van der Waals surface area contributed by atoms with E-state index in [9.17, 15) is 8.42 Å². The molecule has 0 aliphatic carbocycles. The number of sulfonamides is 1. The Balaban J connectivity index is 1.51. The molecule has 3 rings (SSSR count). The van der Waals surface area contributed by atoms with E-state index in [1.165, 1.54) is 16.4 Å². The number of methoxy groups -OCH3 is 1. The predicted octanol–water partition coefficient (Wildman–Crippen LogP) is 3.39. The molecule has 1 heterocycles. The molecule has 9 heteroatoms. The van der Waals surface area contributed by atoms with Gasteiger partial charge in [0.25, 0.3) is 0 Å². The summed E-state index contributed by atoms with van der Waals surface area (Å²) >= 11 is 12.2. The van der Waals surface area contributed by atoms with Crippen LogP contribution in [0.5, 0.6) is 11.5 Å². The molecule has 0 radical (unpaired) electrons. The standard InChI is InChI=1S/C19H22Cl2N2O4S/c1-26-15-5-7-16(8-6-15)27-14-13-22-9-11-23(12-10-22)28(24,25)19-17(20)3-2-4-18(19)21/h2-8H,9-14H2,1H3. The van der Waals surface area contributed by atoms with Crippen LogP contribution in [0.3, 0.4) is 0 Å². The van der Waals surface area contributed by atoms with Crippen molar-refractivity contribution in [3.8, 4) is 11.5 Å². The van der Waals surface area contributed by atoms with Crippen molar-refractivity contribution in [2.75, 3.05) is 46.4 Å². The molecule has 152 valence electrons. The highest BCUT2D eigenvalue weighted by atomic mass is 35.5. The van der Waals surface area contributed by atoms with E-state index in [1.54, 1.807) is 13.2 Å². The first-order chi connectivity index (χ1) is 13.4. The van der Waals surface area contributed by atoms with Gasteiger partial charge < -0.3 is 9.47 Å². The second kappa shape index (κ2) is 9.33. The van der Waals surface area contributed by atoms with Crippen LogP contribution < -0.4 is 9.47 Å². The number of hydrogen-bond acceptors (Lipinski definition) is 5. The monoisotopic (exact) mass is 444 g/mol. The fourth-order valence-electron chi connectivity index (χ4n) is 3.02. The molecule has 0 amide bonds. The molecule has 2 aromatic rings. The fourth-order valence-corrected chi connectivity index (χ4v) is 5.53. The molecule has 1 fully saturated rings. The molecule has 0 N–H and O–H groups in total. The van der Waals surface area contributed by atoms with Gasteiger partial charge >= 0.3 is 0 Å². The Labute approximate surface area is 175 Å². The van der Waals surface area contributed by atoms with Crippen LogP contribution >= 0.6 is 23.2 Å². The lowest BCUT2D eigenvalue weighted by atomic mass is 10.3. The Morgan fingerprint density at radius 2 is 1.50 bits per heavy atom. The van der Waals surface area contributed by atoms with Crippen LogP contribution in [0.25, 0.3) is 0 Å². The highest BCUT2D eigenvalue weighted by Crippen LogP contribution is 2.31. The minimum Gasteiger partial charge on any atom is -0.497 e. The zero-order valence-electron chi connectivity index (χ0n) is 15.5. The maximum atomic E-state index is 12.9. The molecular weight excluding hydrogens is 423 g/mol. The van der Waals surface area contributed by atoms with Crippen molar-refractivity contribution in [1.82, 2.24) is 9.21 Å². The third kappa shape index (κ3) is 4.90. The van der Waals surface area contributed by atoms with Gasteiger partial charge in [-0.25, -0.2) is 8.42 Å². The fraction of sp³-hybridized carbons (Fsp3) is 0.368. The molecule has 0 atom stereocenters. The smallest absolute Gasteiger partial charge is 0.246 e. The van der Waals surface area contributed by atoms with Gasteiger partial charge in [-0.2, -0.15) is 4.31 Å². The topological polar surface area (TPSA) is 59.1 Å². The average molecular weight is 445 g/mol. The summed E-state index contributed by atoms with van der Waals surface area (Å²) in [5.41, 5.74) is 0. The first kappa shape index (κ1) is 21.2. The van der Waals surface area contributed by atoms with Gasteiger partial charge in [0.05, 0.1) is 17.2 Å². The van der Waals surface area contributed by atoms with E-state index in [0.29, 0.717) is 39.3 Å². The largest absolute Gasteiger partial charge is 0.497 e. The Kier molecular flexibility index (Phi) is 7.06. The maximum Gasteiger partial charge on any atom is 0.246 e. The summed E-state index contributed by atoms with van der Waals surface area (Å²) in [5, 5.41) is 0.283. The molecule has 0 unspecified atom stereocenters. The van der Waals surface area contributed by atoms with E-state index in [1.807, 2.05) is 24.3 Å². The molecule has 0 spiro atoms. The van der Waals surface area contributed by atoms with Gasteiger partial charge in [-0.05, 0) is 36.4 Å². The minimum absolute atomic E-state index is 0.0189. The first-order valence-corrected chi connectivity index (χ1v) is 11.0. The van der Waals surface area contributed by atoms with Gasteiger partial charge in [0.15, 0.2) is 0 Å². The summed E-state index contributed by atoms with van der Waals surface area (Å²) in [5.74, 6) is 1.55. The van der Waals surface area contributed by atoms with Crippen molar-refractivity contribution in [2.45, 2.75) is 4.90 Å². The second-order valence-corrected chi connectivity index (χ2v) is 9.01. The Morgan fingerprint density at radius 1 is 0.929 bits per heavy atom. The van der Waals surface area contributed by atoms with Crippen molar-refractivity contribution in [3.05, 3.63) is 52.5 Å². The molecule has 1 aliphatic heterocycles. The van der Waals surface area contributed by atoms with Crippen LogP contribution in [-0.2, 0) is 10.0 Å². The Bertz CT molecular complexity index is 878. The van der Waals surface area contributed by atoms with E-state index in [4.69, 9.17) is 32.7 Å². The minimum atomic E-state index is -3.72. The van der Waals surface area contributed by atoms with Crippen LogP contribution in [0.4, 0.5) is 0 Å². The van der Waals surface area contributed by atoms with Crippen LogP contribution in [0.15, 0.2) is 47.4 Å². The van der Waals surface area contributed by atoms with Crippen molar-refractivity contribution in [2.24, 2.45) is 0 Å². The average Bonchev–Trinajstić information content (AvgIpc) is 2.68. The number of nitrogens with zero attached hydrogens (tertiary/aromatic N) is 2. The summed E-state index contributed by atoms with van der Waals surface area (Å²) in [7, 11) is -2.10. The lowest BCUT2D eigenvalue weighted by Gasteiger charge is -2.34.